The number of nitrogens with two attached hydrogens (primary N) is 1. The molecule has 0 saturated carbocycles. The fourth-order valence-corrected chi connectivity index (χ4v) is 3.69. The van der Waals surface area contributed by atoms with E-state index >= 15 is 0 Å². The summed E-state index contributed by atoms with van der Waals surface area (Å²) in [6.07, 6.45) is 1.75. The number of hydrazone groups is 1. The molecule has 5 nitrogen and oxygen atoms in total. The van der Waals surface area contributed by atoms with Crippen LogP contribution in [0.5, 0.6) is 5.75 Å². The zero-order valence-corrected chi connectivity index (χ0v) is 18.5. The third-order valence-electron chi connectivity index (χ3n) is 4.93. The standard InChI is InChI=1S/C26H24N4OS/c1-2-31-23-15-13-22(14-16-23)30-24(19-9-5-3-6-10-19)17-21(18-28-29-26(27)32)25(30)20-11-7-4-8-12-20/h3-18H,2H2,1H3,(H3,27,29,32)/b28-18-. The second-order valence-electron chi connectivity index (χ2n) is 7.06. The highest BCUT2D eigenvalue weighted by Crippen LogP contribution is 2.35. The van der Waals surface area contributed by atoms with Gasteiger partial charge in [0.2, 0.25) is 0 Å². The minimum atomic E-state index is 0.122. The molecule has 6 heteroatoms. The van der Waals surface area contributed by atoms with Crippen molar-refractivity contribution in [2.75, 3.05) is 6.61 Å². The van der Waals surface area contributed by atoms with Crippen LogP contribution >= 0.6 is 12.2 Å². The molecule has 1 aromatic heterocycles. The summed E-state index contributed by atoms with van der Waals surface area (Å²) in [4.78, 5) is 0. The fourth-order valence-electron chi connectivity index (χ4n) is 3.63. The van der Waals surface area contributed by atoms with Crippen LogP contribution in [0.4, 0.5) is 0 Å². The van der Waals surface area contributed by atoms with Gasteiger partial charge in [-0.05, 0) is 60.6 Å². The van der Waals surface area contributed by atoms with Crippen molar-refractivity contribution in [3.63, 3.8) is 0 Å². The van der Waals surface area contributed by atoms with E-state index in [-0.39, 0.29) is 5.11 Å². The number of nitrogens with one attached hydrogen (secondary N) is 1. The Morgan fingerprint density at radius 3 is 2.19 bits per heavy atom. The lowest BCUT2D eigenvalue weighted by Gasteiger charge is -2.15. The Kier molecular flexibility index (Phi) is 6.63. The van der Waals surface area contributed by atoms with Gasteiger partial charge >= 0.3 is 0 Å². The molecule has 4 rings (SSSR count). The Bertz CT molecular complexity index is 1220. The molecule has 0 unspecified atom stereocenters. The summed E-state index contributed by atoms with van der Waals surface area (Å²) in [6.45, 7) is 2.61. The van der Waals surface area contributed by atoms with E-state index in [2.05, 4.69) is 57.6 Å². The Hall–Kier alpha value is -3.90. The Balaban J connectivity index is 1.96. The van der Waals surface area contributed by atoms with Gasteiger partial charge in [-0.15, -0.1) is 0 Å². The van der Waals surface area contributed by atoms with Crippen molar-refractivity contribution in [2.24, 2.45) is 10.8 Å². The first-order valence-electron chi connectivity index (χ1n) is 10.4. The lowest BCUT2D eigenvalue weighted by Crippen LogP contribution is -2.24. The molecular weight excluding hydrogens is 416 g/mol. The maximum Gasteiger partial charge on any atom is 0.184 e. The van der Waals surface area contributed by atoms with Crippen molar-refractivity contribution in [3.8, 4) is 34.0 Å². The third-order valence-corrected chi connectivity index (χ3v) is 5.02. The maximum atomic E-state index is 5.64. The number of nitrogens with zero attached hydrogens (tertiary/aromatic N) is 2. The van der Waals surface area contributed by atoms with Crippen molar-refractivity contribution in [1.82, 2.24) is 9.99 Å². The zero-order valence-electron chi connectivity index (χ0n) is 17.7. The van der Waals surface area contributed by atoms with Crippen LogP contribution in [0.1, 0.15) is 12.5 Å². The van der Waals surface area contributed by atoms with E-state index in [1.165, 1.54) is 0 Å². The van der Waals surface area contributed by atoms with Crippen molar-refractivity contribution in [3.05, 3.63) is 96.6 Å². The first kappa shape index (κ1) is 21.3. The number of hydrogen-bond donors (Lipinski definition) is 2. The van der Waals surface area contributed by atoms with Gasteiger partial charge in [-0.2, -0.15) is 5.10 Å². The predicted molar refractivity (Wildman–Crippen MR) is 135 cm³/mol. The highest BCUT2D eigenvalue weighted by atomic mass is 32.1. The minimum Gasteiger partial charge on any atom is -0.494 e. The largest absolute Gasteiger partial charge is 0.494 e. The summed E-state index contributed by atoms with van der Waals surface area (Å²) in [6, 6.07) is 30.8. The van der Waals surface area contributed by atoms with Crippen LogP contribution < -0.4 is 15.9 Å². The SMILES string of the molecule is CCOc1ccc(-n2c(-c3ccccc3)cc(/C=N\NC(N)=S)c2-c2ccccc2)cc1. The number of hydrogen-bond acceptors (Lipinski definition) is 3. The summed E-state index contributed by atoms with van der Waals surface area (Å²) in [5, 5.41) is 4.35. The Labute approximate surface area is 193 Å². The monoisotopic (exact) mass is 440 g/mol. The first-order chi connectivity index (χ1) is 15.7. The van der Waals surface area contributed by atoms with Gasteiger partial charge in [0.05, 0.1) is 24.2 Å². The van der Waals surface area contributed by atoms with Gasteiger partial charge in [0.15, 0.2) is 5.11 Å². The topological polar surface area (TPSA) is 64.6 Å². The lowest BCUT2D eigenvalue weighted by molar-refractivity contribution is 0.340. The summed E-state index contributed by atoms with van der Waals surface area (Å²) < 4.78 is 7.88. The van der Waals surface area contributed by atoms with E-state index < -0.39 is 0 Å². The van der Waals surface area contributed by atoms with E-state index in [1.807, 2.05) is 55.5 Å². The second kappa shape index (κ2) is 9.94. The molecule has 160 valence electrons. The average molecular weight is 441 g/mol. The van der Waals surface area contributed by atoms with E-state index in [0.717, 1.165) is 39.5 Å². The molecule has 0 amide bonds. The van der Waals surface area contributed by atoms with Crippen LogP contribution in [-0.2, 0) is 0 Å². The molecule has 4 aromatic rings. The van der Waals surface area contributed by atoms with Crippen molar-refractivity contribution >= 4 is 23.5 Å². The number of thiocarbonyl (C=S) groups is 1. The van der Waals surface area contributed by atoms with Crippen molar-refractivity contribution in [1.29, 1.82) is 0 Å². The predicted octanol–water partition coefficient (Wildman–Crippen LogP) is 5.38. The van der Waals surface area contributed by atoms with Gasteiger partial charge in [-0.25, -0.2) is 0 Å². The first-order valence-corrected chi connectivity index (χ1v) is 10.8. The van der Waals surface area contributed by atoms with Gasteiger partial charge in [-0.3, -0.25) is 5.43 Å². The second-order valence-corrected chi connectivity index (χ2v) is 7.50. The average Bonchev–Trinajstić information content (AvgIpc) is 3.20. The van der Waals surface area contributed by atoms with Gasteiger partial charge in [0.25, 0.3) is 0 Å². The summed E-state index contributed by atoms with van der Waals surface area (Å²) in [5.41, 5.74) is 14.4. The highest BCUT2D eigenvalue weighted by molar-refractivity contribution is 7.80. The van der Waals surface area contributed by atoms with E-state index in [0.29, 0.717) is 6.61 Å². The molecule has 32 heavy (non-hydrogen) atoms. The Morgan fingerprint density at radius 1 is 0.969 bits per heavy atom. The van der Waals surface area contributed by atoms with Crippen LogP contribution in [0.2, 0.25) is 0 Å². The molecule has 0 fully saturated rings. The minimum absolute atomic E-state index is 0.122. The molecule has 0 saturated heterocycles. The number of benzene rings is 3. The summed E-state index contributed by atoms with van der Waals surface area (Å²) in [7, 11) is 0. The summed E-state index contributed by atoms with van der Waals surface area (Å²) in [5.74, 6) is 0.841. The number of rotatable bonds is 7. The quantitative estimate of drug-likeness (QED) is 0.230. The van der Waals surface area contributed by atoms with Gasteiger partial charge in [0.1, 0.15) is 5.75 Å². The molecule has 3 N–H and O–H groups in total. The van der Waals surface area contributed by atoms with Crippen LogP contribution in [0.3, 0.4) is 0 Å². The molecule has 0 aliphatic rings. The van der Waals surface area contributed by atoms with E-state index in [4.69, 9.17) is 22.7 Å². The molecular formula is C26H24N4OS. The van der Waals surface area contributed by atoms with Gasteiger partial charge < -0.3 is 15.0 Å². The van der Waals surface area contributed by atoms with Gasteiger partial charge in [0, 0.05) is 11.3 Å². The highest BCUT2D eigenvalue weighted by Gasteiger charge is 2.18. The fraction of sp³-hybridized carbons (Fsp3) is 0.0769. The van der Waals surface area contributed by atoms with Crippen molar-refractivity contribution < 1.29 is 4.74 Å². The summed E-state index contributed by atoms with van der Waals surface area (Å²) >= 11 is 4.89. The number of ether oxygens (including phenoxy) is 1. The van der Waals surface area contributed by atoms with Crippen LogP contribution in [0.15, 0.2) is 96.1 Å². The normalized spacial score (nSPS) is 10.9. The van der Waals surface area contributed by atoms with Crippen LogP contribution in [0.25, 0.3) is 28.2 Å². The molecule has 0 aliphatic carbocycles. The molecule has 3 aromatic carbocycles. The number of aromatic nitrogens is 1. The maximum absolute atomic E-state index is 5.64. The zero-order chi connectivity index (χ0) is 22.3. The van der Waals surface area contributed by atoms with Gasteiger partial charge in [-0.1, -0.05) is 60.7 Å². The smallest absolute Gasteiger partial charge is 0.184 e. The molecule has 0 spiro atoms. The van der Waals surface area contributed by atoms with Crippen LogP contribution in [-0.4, -0.2) is 22.5 Å². The van der Waals surface area contributed by atoms with E-state index in [1.54, 1.807) is 6.21 Å². The molecule has 0 bridgehead atoms. The Morgan fingerprint density at radius 2 is 1.59 bits per heavy atom. The molecule has 1 heterocycles. The lowest BCUT2D eigenvalue weighted by atomic mass is 10.1. The molecule has 0 aliphatic heterocycles. The molecule has 0 atom stereocenters. The van der Waals surface area contributed by atoms with Crippen LogP contribution in [0, 0.1) is 0 Å². The van der Waals surface area contributed by atoms with Crippen molar-refractivity contribution in [2.45, 2.75) is 6.92 Å². The third kappa shape index (κ3) is 4.71. The molecule has 0 radical (unpaired) electrons. The van der Waals surface area contributed by atoms with E-state index in [9.17, 15) is 0 Å².